The number of rotatable bonds is 7. The van der Waals surface area contributed by atoms with Gasteiger partial charge in [-0.15, -0.1) is 0 Å². The zero-order valence-electron chi connectivity index (χ0n) is 12.0. The van der Waals surface area contributed by atoms with Crippen molar-refractivity contribution in [2.75, 3.05) is 12.3 Å². The maximum absolute atomic E-state index is 12.7. The van der Waals surface area contributed by atoms with Crippen molar-refractivity contribution in [3.8, 4) is 5.75 Å². The Morgan fingerprint density at radius 3 is 2.50 bits per heavy atom. The Bertz CT molecular complexity index is 418. The lowest BCUT2D eigenvalue weighted by molar-refractivity contribution is -0.137. The second-order valence-electron chi connectivity index (χ2n) is 4.97. The van der Waals surface area contributed by atoms with E-state index in [0.717, 1.165) is 31.7 Å². The van der Waals surface area contributed by atoms with Crippen molar-refractivity contribution in [1.82, 2.24) is 0 Å². The molecule has 0 aromatic heterocycles. The number of nitrogen functional groups attached to an aromatic ring is 1. The third-order valence-corrected chi connectivity index (χ3v) is 3.36. The molecule has 5 heteroatoms. The van der Waals surface area contributed by atoms with Crippen LogP contribution in [0.25, 0.3) is 0 Å². The molecule has 0 spiro atoms. The smallest absolute Gasteiger partial charge is 0.418 e. The van der Waals surface area contributed by atoms with Gasteiger partial charge in [0.05, 0.1) is 12.2 Å². The van der Waals surface area contributed by atoms with Crippen LogP contribution in [0.2, 0.25) is 0 Å². The largest absolute Gasteiger partial charge is 0.493 e. The average molecular weight is 289 g/mol. The summed E-state index contributed by atoms with van der Waals surface area (Å²) < 4.78 is 43.7. The van der Waals surface area contributed by atoms with Crippen LogP contribution in [-0.4, -0.2) is 6.61 Å². The van der Waals surface area contributed by atoms with Gasteiger partial charge in [0.15, 0.2) is 0 Å². The fourth-order valence-corrected chi connectivity index (χ4v) is 1.98. The maximum Gasteiger partial charge on any atom is 0.418 e. The SMILES string of the molecule is CCCCC(CC)COc1ccc(N)c(C(F)(F)F)c1. The molecule has 20 heavy (non-hydrogen) atoms. The standard InChI is InChI=1S/C15H22F3NO/c1-3-5-6-11(4-2)10-20-12-7-8-14(19)13(9-12)15(16,17)18/h7-9,11H,3-6,10,19H2,1-2H3. The molecule has 1 rings (SSSR count). The van der Waals surface area contributed by atoms with Crippen molar-refractivity contribution >= 4 is 5.69 Å². The molecule has 114 valence electrons. The Balaban J connectivity index is 2.69. The van der Waals surface area contributed by atoms with E-state index in [1.54, 1.807) is 0 Å². The van der Waals surface area contributed by atoms with E-state index in [2.05, 4.69) is 13.8 Å². The van der Waals surface area contributed by atoms with Gasteiger partial charge < -0.3 is 10.5 Å². The minimum atomic E-state index is -4.45. The Kier molecular flexibility index (Phi) is 6.17. The first-order valence-electron chi connectivity index (χ1n) is 6.98. The molecule has 0 amide bonds. The summed E-state index contributed by atoms with van der Waals surface area (Å²) in [5.74, 6) is 0.600. The summed E-state index contributed by atoms with van der Waals surface area (Å²) in [5.41, 5.74) is 4.24. The summed E-state index contributed by atoms with van der Waals surface area (Å²) in [6.45, 7) is 4.62. The van der Waals surface area contributed by atoms with Gasteiger partial charge in [0.1, 0.15) is 5.75 Å². The summed E-state index contributed by atoms with van der Waals surface area (Å²) in [5, 5.41) is 0. The third kappa shape index (κ3) is 4.94. The number of halogens is 3. The van der Waals surface area contributed by atoms with E-state index in [9.17, 15) is 13.2 Å². The lowest BCUT2D eigenvalue weighted by Crippen LogP contribution is -2.13. The molecule has 0 fully saturated rings. The predicted molar refractivity (Wildman–Crippen MR) is 74.7 cm³/mol. The Labute approximate surface area is 118 Å². The van der Waals surface area contributed by atoms with Crippen LogP contribution in [0.15, 0.2) is 18.2 Å². The zero-order valence-corrected chi connectivity index (χ0v) is 12.0. The highest BCUT2D eigenvalue weighted by Crippen LogP contribution is 2.35. The maximum atomic E-state index is 12.7. The summed E-state index contributed by atoms with van der Waals surface area (Å²) in [6, 6.07) is 3.70. The highest BCUT2D eigenvalue weighted by atomic mass is 19.4. The summed E-state index contributed by atoms with van der Waals surface area (Å²) in [6.07, 6.45) is -0.237. The number of anilines is 1. The number of hydrogen-bond acceptors (Lipinski definition) is 2. The zero-order chi connectivity index (χ0) is 15.2. The number of alkyl halides is 3. The molecular weight excluding hydrogens is 267 g/mol. The minimum absolute atomic E-state index is 0.224. The van der Waals surface area contributed by atoms with Crippen molar-refractivity contribution in [2.45, 2.75) is 45.7 Å². The number of benzene rings is 1. The van der Waals surface area contributed by atoms with Crippen LogP contribution >= 0.6 is 0 Å². The van der Waals surface area contributed by atoms with Crippen molar-refractivity contribution in [3.63, 3.8) is 0 Å². The number of unbranched alkanes of at least 4 members (excludes halogenated alkanes) is 1. The molecule has 0 radical (unpaired) electrons. The first-order valence-corrected chi connectivity index (χ1v) is 6.98. The summed E-state index contributed by atoms with van der Waals surface area (Å²) in [7, 11) is 0. The molecule has 2 nitrogen and oxygen atoms in total. The number of hydrogen-bond donors (Lipinski definition) is 1. The summed E-state index contributed by atoms with van der Waals surface area (Å²) in [4.78, 5) is 0. The molecule has 1 atom stereocenters. The molecule has 1 aromatic carbocycles. The fraction of sp³-hybridized carbons (Fsp3) is 0.600. The van der Waals surface area contributed by atoms with Gasteiger partial charge in [-0.05, 0) is 30.5 Å². The van der Waals surface area contributed by atoms with E-state index in [0.29, 0.717) is 12.5 Å². The second-order valence-corrected chi connectivity index (χ2v) is 4.97. The van der Waals surface area contributed by atoms with Crippen molar-refractivity contribution in [1.29, 1.82) is 0 Å². The van der Waals surface area contributed by atoms with Crippen molar-refractivity contribution < 1.29 is 17.9 Å². The third-order valence-electron chi connectivity index (χ3n) is 3.36. The average Bonchev–Trinajstić information content (AvgIpc) is 2.39. The quantitative estimate of drug-likeness (QED) is 0.726. The van der Waals surface area contributed by atoms with Crippen LogP contribution < -0.4 is 10.5 Å². The highest BCUT2D eigenvalue weighted by molar-refractivity contribution is 5.51. The van der Waals surface area contributed by atoms with Crippen LogP contribution in [0.1, 0.15) is 45.1 Å². The number of nitrogens with two attached hydrogens (primary N) is 1. The van der Waals surface area contributed by atoms with Gasteiger partial charge in [0, 0.05) is 5.69 Å². The molecule has 2 N–H and O–H groups in total. The molecule has 0 aliphatic rings. The molecule has 0 aliphatic heterocycles. The van der Waals surface area contributed by atoms with Crippen LogP contribution in [0.4, 0.5) is 18.9 Å². The highest BCUT2D eigenvalue weighted by Gasteiger charge is 2.33. The van der Waals surface area contributed by atoms with Crippen LogP contribution in [-0.2, 0) is 6.18 Å². The topological polar surface area (TPSA) is 35.2 Å². The molecule has 0 saturated carbocycles. The van der Waals surface area contributed by atoms with E-state index in [1.807, 2.05) is 0 Å². The Morgan fingerprint density at radius 2 is 1.95 bits per heavy atom. The van der Waals surface area contributed by atoms with E-state index in [-0.39, 0.29) is 11.4 Å². The monoisotopic (exact) mass is 289 g/mol. The van der Waals surface area contributed by atoms with Gasteiger partial charge in [0.25, 0.3) is 0 Å². The van der Waals surface area contributed by atoms with Gasteiger partial charge in [-0.25, -0.2) is 0 Å². The van der Waals surface area contributed by atoms with Gasteiger partial charge in [-0.3, -0.25) is 0 Å². The van der Waals surface area contributed by atoms with E-state index in [4.69, 9.17) is 10.5 Å². The van der Waals surface area contributed by atoms with E-state index in [1.165, 1.54) is 12.1 Å². The van der Waals surface area contributed by atoms with Gasteiger partial charge in [0.2, 0.25) is 0 Å². The van der Waals surface area contributed by atoms with Crippen LogP contribution in [0.5, 0.6) is 5.75 Å². The first-order chi connectivity index (χ1) is 9.38. The fourth-order valence-electron chi connectivity index (χ4n) is 1.98. The minimum Gasteiger partial charge on any atom is -0.493 e. The van der Waals surface area contributed by atoms with Crippen molar-refractivity contribution in [3.05, 3.63) is 23.8 Å². The van der Waals surface area contributed by atoms with Crippen LogP contribution in [0, 0.1) is 5.92 Å². The van der Waals surface area contributed by atoms with Crippen LogP contribution in [0.3, 0.4) is 0 Å². The van der Waals surface area contributed by atoms with Crippen molar-refractivity contribution in [2.24, 2.45) is 5.92 Å². The summed E-state index contributed by atoms with van der Waals surface area (Å²) >= 11 is 0. The molecule has 0 aliphatic carbocycles. The molecule has 0 saturated heterocycles. The van der Waals surface area contributed by atoms with E-state index < -0.39 is 11.7 Å². The predicted octanol–water partition coefficient (Wildman–Crippen LogP) is 4.88. The Morgan fingerprint density at radius 1 is 1.25 bits per heavy atom. The van der Waals surface area contributed by atoms with Gasteiger partial charge in [-0.2, -0.15) is 13.2 Å². The second kappa shape index (κ2) is 7.41. The molecule has 0 heterocycles. The Hall–Kier alpha value is -1.39. The molecular formula is C15H22F3NO. The molecule has 1 aromatic rings. The molecule has 1 unspecified atom stereocenters. The van der Waals surface area contributed by atoms with Gasteiger partial charge >= 0.3 is 6.18 Å². The number of ether oxygens (including phenoxy) is 1. The van der Waals surface area contributed by atoms with E-state index >= 15 is 0 Å². The lowest BCUT2D eigenvalue weighted by Gasteiger charge is -2.17. The lowest BCUT2D eigenvalue weighted by atomic mass is 10.0. The molecule has 0 bridgehead atoms. The normalized spacial score (nSPS) is 13.2. The first kappa shape index (κ1) is 16.7. The van der Waals surface area contributed by atoms with Gasteiger partial charge in [-0.1, -0.05) is 33.1 Å².